The standard InChI is InChI=1S/C24H32O/c1-16-11-21(23(3,4)5)10-9-18(16)13-19-14-20(15-25)22(12-17(19)2)24(6,7)8/h9-12,14-15H,13H2,1-8H3. The number of aldehydes is 1. The van der Waals surface area contributed by atoms with E-state index in [-0.39, 0.29) is 10.8 Å². The van der Waals surface area contributed by atoms with E-state index in [4.69, 9.17) is 0 Å². The number of benzene rings is 2. The van der Waals surface area contributed by atoms with Crippen molar-refractivity contribution in [3.63, 3.8) is 0 Å². The summed E-state index contributed by atoms with van der Waals surface area (Å²) in [7, 11) is 0. The third-order valence-electron chi connectivity index (χ3n) is 5.03. The molecule has 0 N–H and O–H groups in total. The van der Waals surface area contributed by atoms with Crippen molar-refractivity contribution in [1.29, 1.82) is 0 Å². The molecule has 0 aliphatic carbocycles. The van der Waals surface area contributed by atoms with Crippen molar-refractivity contribution < 1.29 is 4.79 Å². The molecule has 0 amide bonds. The van der Waals surface area contributed by atoms with E-state index in [9.17, 15) is 4.79 Å². The van der Waals surface area contributed by atoms with Gasteiger partial charge < -0.3 is 0 Å². The summed E-state index contributed by atoms with van der Waals surface area (Å²) in [6.07, 6.45) is 1.87. The first-order valence-corrected chi connectivity index (χ1v) is 9.12. The van der Waals surface area contributed by atoms with E-state index >= 15 is 0 Å². The predicted molar refractivity (Wildman–Crippen MR) is 108 cm³/mol. The first kappa shape index (κ1) is 19.4. The average molecular weight is 337 g/mol. The molecule has 2 rings (SSSR count). The molecule has 0 aliphatic rings. The minimum atomic E-state index is -0.0240. The molecule has 0 bridgehead atoms. The first-order chi connectivity index (χ1) is 11.4. The smallest absolute Gasteiger partial charge is 0.150 e. The Morgan fingerprint density at radius 2 is 1.40 bits per heavy atom. The van der Waals surface area contributed by atoms with Crippen LogP contribution in [-0.2, 0) is 17.3 Å². The van der Waals surface area contributed by atoms with Gasteiger partial charge in [-0.25, -0.2) is 0 Å². The number of carbonyl (C=O) groups excluding carboxylic acids is 1. The van der Waals surface area contributed by atoms with Crippen molar-refractivity contribution in [1.82, 2.24) is 0 Å². The van der Waals surface area contributed by atoms with E-state index in [0.717, 1.165) is 23.8 Å². The maximum absolute atomic E-state index is 11.6. The van der Waals surface area contributed by atoms with Gasteiger partial charge in [-0.3, -0.25) is 4.79 Å². The topological polar surface area (TPSA) is 17.1 Å². The minimum Gasteiger partial charge on any atom is -0.298 e. The molecule has 0 radical (unpaired) electrons. The molecular weight excluding hydrogens is 304 g/mol. The molecule has 0 fully saturated rings. The molecule has 0 unspecified atom stereocenters. The fourth-order valence-corrected chi connectivity index (χ4v) is 3.28. The van der Waals surface area contributed by atoms with Crippen molar-refractivity contribution in [2.45, 2.75) is 72.6 Å². The fraction of sp³-hybridized carbons (Fsp3) is 0.458. The molecule has 0 saturated carbocycles. The maximum Gasteiger partial charge on any atom is 0.150 e. The van der Waals surface area contributed by atoms with Crippen LogP contribution in [0.3, 0.4) is 0 Å². The molecule has 25 heavy (non-hydrogen) atoms. The van der Waals surface area contributed by atoms with Crippen LogP contribution in [0, 0.1) is 13.8 Å². The number of rotatable bonds is 3. The van der Waals surface area contributed by atoms with Crippen LogP contribution in [0.1, 0.15) is 85.3 Å². The molecule has 1 heteroatoms. The summed E-state index contributed by atoms with van der Waals surface area (Å²) in [6.45, 7) is 17.5. The summed E-state index contributed by atoms with van der Waals surface area (Å²) in [4.78, 5) is 11.6. The second-order valence-electron chi connectivity index (χ2n) is 9.30. The van der Waals surface area contributed by atoms with Crippen molar-refractivity contribution in [3.8, 4) is 0 Å². The Balaban J connectivity index is 2.43. The minimum absolute atomic E-state index is 0.0240. The molecule has 0 aromatic heterocycles. The lowest BCUT2D eigenvalue weighted by atomic mass is 9.81. The lowest BCUT2D eigenvalue weighted by Crippen LogP contribution is -2.15. The van der Waals surface area contributed by atoms with Crippen LogP contribution < -0.4 is 0 Å². The molecule has 134 valence electrons. The summed E-state index contributed by atoms with van der Waals surface area (Å²) in [5.74, 6) is 0. The molecule has 0 saturated heterocycles. The van der Waals surface area contributed by atoms with E-state index in [0.29, 0.717) is 0 Å². The van der Waals surface area contributed by atoms with E-state index in [1.807, 2.05) is 0 Å². The van der Waals surface area contributed by atoms with Gasteiger partial charge in [0.15, 0.2) is 0 Å². The van der Waals surface area contributed by atoms with Crippen LogP contribution in [0.4, 0.5) is 0 Å². The van der Waals surface area contributed by atoms with Crippen molar-refractivity contribution in [2.75, 3.05) is 0 Å². The van der Waals surface area contributed by atoms with E-state index < -0.39 is 0 Å². The predicted octanol–water partition coefficient (Wildman–Crippen LogP) is 6.30. The highest BCUT2D eigenvalue weighted by Gasteiger charge is 2.20. The second kappa shape index (κ2) is 6.78. The summed E-state index contributed by atoms with van der Waals surface area (Å²) in [5, 5.41) is 0. The summed E-state index contributed by atoms with van der Waals surface area (Å²) in [5.41, 5.74) is 8.59. The first-order valence-electron chi connectivity index (χ1n) is 9.12. The van der Waals surface area contributed by atoms with Crippen molar-refractivity contribution in [3.05, 3.63) is 69.3 Å². The lowest BCUT2D eigenvalue weighted by molar-refractivity contribution is 0.112. The zero-order valence-electron chi connectivity index (χ0n) is 17.1. The van der Waals surface area contributed by atoms with Crippen LogP contribution >= 0.6 is 0 Å². The van der Waals surface area contributed by atoms with Crippen LogP contribution in [0.25, 0.3) is 0 Å². The Kier molecular flexibility index (Phi) is 5.27. The van der Waals surface area contributed by atoms with Crippen LogP contribution in [0.15, 0.2) is 30.3 Å². The van der Waals surface area contributed by atoms with Gasteiger partial charge in [-0.15, -0.1) is 0 Å². The van der Waals surface area contributed by atoms with E-state index in [2.05, 4.69) is 85.7 Å². The average Bonchev–Trinajstić information content (AvgIpc) is 2.48. The fourth-order valence-electron chi connectivity index (χ4n) is 3.28. The van der Waals surface area contributed by atoms with Crippen LogP contribution in [0.2, 0.25) is 0 Å². The highest BCUT2D eigenvalue weighted by atomic mass is 16.1. The van der Waals surface area contributed by atoms with Crippen molar-refractivity contribution in [2.24, 2.45) is 0 Å². The Labute approximate surface area is 153 Å². The quantitative estimate of drug-likeness (QED) is 0.601. The highest BCUT2D eigenvalue weighted by Crippen LogP contribution is 2.30. The summed E-state index contributed by atoms with van der Waals surface area (Å²) >= 11 is 0. The number of hydrogen-bond donors (Lipinski definition) is 0. The maximum atomic E-state index is 11.6. The van der Waals surface area contributed by atoms with Gasteiger partial charge in [0.1, 0.15) is 6.29 Å². The molecule has 2 aromatic rings. The molecular formula is C24H32O. The van der Waals surface area contributed by atoms with Gasteiger partial charge in [-0.05, 0) is 70.5 Å². The molecule has 0 spiro atoms. The van der Waals surface area contributed by atoms with Gasteiger partial charge >= 0.3 is 0 Å². The van der Waals surface area contributed by atoms with Gasteiger partial charge in [0.2, 0.25) is 0 Å². The Morgan fingerprint density at radius 3 is 1.88 bits per heavy atom. The van der Waals surface area contributed by atoms with Crippen molar-refractivity contribution >= 4 is 6.29 Å². The number of aryl methyl sites for hydroxylation is 2. The molecule has 2 aromatic carbocycles. The molecule has 0 heterocycles. The van der Waals surface area contributed by atoms with Crippen LogP contribution in [0.5, 0.6) is 0 Å². The summed E-state index contributed by atoms with van der Waals surface area (Å²) in [6, 6.07) is 11.1. The normalized spacial score (nSPS) is 12.3. The Morgan fingerprint density at radius 1 is 0.800 bits per heavy atom. The van der Waals surface area contributed by atoms with E-state index in [1.54, 1.807) is 0 Å². The third kappa shape index (κ3) is 4.39. The van der Waals surface area contributed by atoms with Gasteiger partial charge in [0.25, 0.3) is 0 Å². The molecule has 0 aliphatic heterocycles. The number of carbonyl (C=O) groups is 1. The van der Waals surface area contributed by atoms with Gasteiger partial charge in [-0.1, -0.05) is 65.8 Å². The monoisotopic (exact) mass is 336 g/mol. The van der Waals surface area contributed by atoms with Crippen LogP contribution in [-0.4, -0.2) is 6.29 Å². The van der Waals surface area contributed by atoms with Gasteiger partial charge in [0.05, 0.1) is 0 Å². The zero-order valence-corrected chi connectivity index (χ0v) is 17.1. The third-order valence-corrected chi connectivity index (χ3v) is 5.03. The lowest BCUT2D eigenvalue weighted by Gasteiger charge is -2.23. The van der Waals surface area contributed by atoms with Gasteiger partial charge in [-0.2, -0.15) is 0 Å². The Hall–Kier alpha value is -1.89. The molecule has 0 atom stereocenters. The highest BCUT2D eigenvalue weighted by molar-refractivity contribution is 5.79. The Bertz CT molecular complexity index is 783. The largest absolute Gasteiger partial charge is 0.298 e. The number of hydrogen-bond acceptors (Lipinski definition) is 1. The van der Waals surface area contributed by atoms with E-state index in [1.165, 1.54) is 27.8 Å². The summed E-state index contributed by atoms with van der Waals surface area (Å²) < 4.78 is 0. The zero-order chi connectivity index (χ0) is 19.0. The van der Waals surface area contributed by atoms with Gasteiger partial charge in [0, 0.05) is 5.56 Å². The second-order valence-corrected chi connectivity index (χ2v) is 9.30. The molecule has 1 nitrogen and oxygen atoms in total. The SMILES string of the molecule is Cc1cc(C(C)(C)C)ccc1Cc1cc(C=O)c(C(C)(C)C)cc1C.